The SMILES string of the molecule is CCCC(=O)Nc1cccc(CN2C(=O)[C@@H](C)NC2=S)c1. The first-order valence-electron chi connectivity index (χ1n) is 7.02. The summed E-state index contributed by atoms with van der Waals surface area (Å²) in [5.41, 5.74) is 1.67. The molecule has 1 saturated heterocycles. The summed E-state index contributed by atoms with van der Waals surface area (Å²) < 4.78 is 0. The highest BCUT2D eigenvalue weighted by atomic mass is 32.1. The van der Waals surface area contributed by atoms with Crippen LogP contribution in [0.2, 0.25) is 0 Å². The van der Waals surface area contributed by atoms with Crippen LogP contribution in [0.4, 0.5) is 5.69 Å². The van der Waals surface area contributed by atoms with E-state index in [0.29, 0.717) is 18.1 Å². The molecule has 0 radical (unpaired) electrons. The van der Waals surface area contributed by atoms with E-state index in [1.165, 1.54) is 0 Å². The van der Waals surface area contributed by atoms with E-state index in [1.807, 2.05) is 31.2 Å². The second kappa shape index (κ2) is 6.67. The molecule has 2 rings (SSSR count). The smallest absolute Gasteiger partial charge is 0.251 e. The lowest BCUT2D eigenvalue weighted by Crippen LogP contribution is -2.30. The number of anilines is 1. The van der Waals surface area contributed by atoms with Gasteiger partial charge < -0.3 is 10.6 Å². The van der Waals surface area contributed by atoms with E-state index in [2.05, 4.69) is 10.6 Å². The van der Waals surface area contributed by atoms with Crippen LogP contribution in [0, 0.1) is 0 Å². The van der Waals surface area contributed by atoms with Gasteiger partial charge >= 0.3 is 0 Å². The predicted octanol–water partition coefficient (Wildman–Crippen LogP) is 2.03. The number of benzene rings is 1. The minimum Gasteiger partial charge on any atom is -0.351 e. The lowest BCUT2D eigenvalue weighted by molar-refractivity contribution is -0.127. The van der Waals surface area contributed by atoms with E-state index in [0.717, 1.165) is 17.7 Å². The van der Waals surface area contributed by atoms with Gasteiger partial charge in [0, 0.05) is 12.1 Å². The van der Waals surface area contributed by atoms with Gasteiger partial charge in [-0.2, -0.15) is 0 Å². The Morgan fingerprint density at radius 2 is 2.24 bits per heavy atom. The largest absolute Gasteiger partial charge is 0.351 e. The third kappa shape index (κ3) is 3.78. The molecule has 0 bridgehead atoms. The highest BCUT2D eigenvalue weighted by molar-refractivity contribution is 7.80. The van der Waals surface area contributed by atoms with Crippen molar-refractivity contribution in [2.24, 2.45) is 0 Å². The van der Waals surface area contributed by atoms with E-state index in [1.54, 1.807) is 11.8 Å². The second-order valence-electron chi connectivity index (χ2n) is 5.09. The summed E-state index contributed by atoms with van der Waals surface area (Å²) in [5.74, 6) is -0.0295. The molecular weight excluding hydrogens is 286 g/mol. The molecule has 0 aromatic heterocycles. The van der Waals surface area contributed by atoms with Crippen molar-refractivity contribution in [3.63, 3.8) is 0 Å². The van der Waals surface area contributed by atoms with E-state index in [4.69, 9.17) is 12.2 Å². The van der Waals surface area contributed by atoms with Crippen LogP contribution < -0.4 is 10.6 Å². The third-order valence-electron chi connectivity index (χ3n) is 3.25. The molecule has 1 aromatic rings. The number of carbonyl (C=O) groups is 2. The Hall–Kier alpha value is -1.95. The lowest BCUT2D eigenvalue weighted by Gasteiger charge is -2.15. The van der Waals surface area contributed by atoms with Gasteiger partial charge in [0.05, 0.1) is 6.54 Å². The van der Waals surface area contributed by atoms with Crippen molar-refractivity contribution in [3.05, 3.63) is 29.8 Å². The molecular formula is C15H19N3O2S. The summed E-state index contributed by atoms with van der Waals surface area (Å²) in [6.07, 6.45) is 1.31. The van der Waals surface area contributed by atoms with Crippen molar-refractivity contribution in [1.29, 1.82) is 0 Å². The summed E-state index contributed by atoms with van der Waals surface area (Å²) in [6.45, 7) is 4.16. The number of amides is 2. The van der Waals surface area contributed by atoms with Crippen LogP contribution in [0.15, 0.2) is 24.3 Å². The molecule has 1 heterocycles. The van der Waals surface area contributed by atoms with Crippen LogP contribution in [0.5, 0.6) is 0 Å². The topological polar surface area (TPSA) is 61.4 Å². The number of hydrogen-bond donors (Lipinski definition) is 2. The van der Waals surface area contributed by atoms with E-state index in [9.17, 15) is 9.59 Å². The van der Waals surface area contributed by atoms with Gasteiger partial charge in [0.25, 0.3) is 5.91 Å². The van der Waals surface area contributed by atoms with Crippen molar-refractivity contribution in [2.45, 2.75) is 39.3 Å². The summed E-state index contributed by atoms with van der Waals surface area (Å²) in [6, 6.07) is 7.20. The zero-order valence-corrected chi connectivity index (χ0v) is 13.0. The maximum atomic E-state index is 12.0. The molecule has 2 N–H and O–H groups in total. The number of carbonyl (C=O) groups excluding carboxylic acids is 2. The molecule has 112 valence electrons. The van der Waals surface area contributed by atoms with Gasteiger partial charge in [-0.1, -0.05) is 19.1 Å². The Morgan fingerprint density at radius 1 is 1.48 bits per heavy atom. The molecule has 2 amide bonds. The Kier molecular flexibility index (Phi) is 4.90. The molecule has 1 aliphatic rings. The van der Waals surface area contributed by atoms with Crippen LogP contribution in [-0.2, 0) is 16.1 Å². The van der Waals surface area contributed by atoms with Crippen molar-refractivity contribution >= 4 is 34.8 Å². The Bertz CT molecular complexity index is 574. The average molecular weight is 305 g/mol. The van der Waals surface area contributed by atoms with E-state index < -0.39 is 0 Å². The Balaban J connectivity index is 2.06. The molecule has 0 aliphatic carbocycles. The molecule has 1 atom stereocenters. The van der Waals surface area contributed by atoms with Gasteiger partial charge in [-0.05, 0) is 43.3 Å². The monoisotopic (exact) mass is 305 g/mol. The fraction of sp³-hybridized carbons (Fsp3) is 0.400. The second-order valence-corrected chi connectivity index (χ2v) is 5.48. The molecule has 0 saturated carbocycles. The van der Waals surface area contributed by atoms with Crippen LogP contribution in [0.1, 0.15) is 32.3 Å². The molecule has 1 fully saturated rings. The summed E-state index contributed by atoms with van der Waals surface area (Å²) >= 11 is 5.16. The van der Waals surface area contributed by atoms with Gasteiger partial charge in [-0.15, -0.1) is 0 Å². The zero-order valence-electron chi connectivity index (χ0n) is 12.2. The fourth-order valence-corrected chi connectivity index (χ4v) is 2.52. The minimum absolute atomic E-state index is 0.00212. The van der Waals surface area contributed by atoms with E-state index >= 15 is 0 Å². The Morgan fingerprint density at radius 3 is 2.86 bits per heavy atom. The minimum atomic E-state index is -0.273. The summed E-state index contributed by atoms with van der Waals surface area (Å²) in [5, 5.41) is 6.24. The Labute approximate surface area is 129 Å². The van der Waals surface area contributed by atoms with E-state index in [-0.39, 0.29) is 17.9 Å². The first-order valence-corrected chi connectivity index (χ1v) is 7.42. The predicted molar refractivity (Wildman–Crippen MR) is 85.7 cm³/mol. The van der Waals surface area contributed by atoms with Crippen LogP contribution in [-0.4, -0.2) is 27.9 Å². The van der Waals surface area contributed by atoms with Crippen molar-refractivity contribution in [2.75, 3.05) is 5.32 Å². The average Bonchev–Trinajstić information content (AvgIpc) is 2.66. The number of rotatable bonds is 5. The number of hydrogen-bond acceptors (Lipinski definition) is 3. The van der Waals surface area contributed by atoms with Gasteiger partial charge in [0.15, 0.2) is 5.11 Å². The fourth-order valence-electron chi connectivity index (χ4n) is 2.19. The zero-order chi connectivity index (χ0) is 15.4. The molecule has 0 spiro atoms. The van der Waals surface area contributed by atoms with Crippen molar-refractivity contribution in [3.8, 4) is 0 Å². The maximum absolute atomic E-state index is 12.0. The third-order valence-corrected chi connectivity index (χ3v) is 3.59. The van der Waals surface area contributed by atoms with Crippen molar-refractivity contribution < 1.29 is 9.59 Å². The summed E-state index contributed by atoms with van der Waals surface area (Å²) in [4.78, 5) is 25.1. The molecule has 6 heteroatoms. The number of nitrogens with zero attached hydrogens (tertiary/aromatic N) is 1. The number of nitrogens with one attached hydrogen (secondary N) is 2. The highest BCUT2D eigenvalue weighted by Crippen LogP contribution is 2.16. The highest BCUT2D eigenvalue weighted by Gasteiger charge is 2.31. The van der Waals surface area contributed by atoms with Gasteiger partial charge in [-0.3, -0.25) is 14.5 Å². The maximum Gasteiger partial charge on any atom is 0.251 e. The molecule has 5 nitrogen and oxygen atoms in total. The molecule has 1 aliphatic heterocycles. The van der Waals surface area contributed by atoms with Crippen LogP contribution in [0.25, 0.3) is 0 Å². The molecule has 0 unspecified atom stereocenters. The standard InChI is InChI=1S/C15H19N3O2S/c1-3-5-13(19)17-12-7-4-6-11(8-12)9-18-14(20)10(2)16-15(18)21/h4,6-8,10H,3,5,9H2,1-2H3,(H,16,21)(H,17,19)/t10-/m1/s1. The number of thiocarbonyl (C=S) groups is 1. The van der Waals surface area contributed by atoms with Crippen LogP contribution in [0.3, 0.4) is 0 Å². The molecule has 21 heavy (non-hydrogen) atoms. The normalized spacial score (nSPS) is 17.8. The summed E-state index contributed by atoms with van der Waals surface area (Å²) in [7, 11) is 0. The first kappa shape index (κ1) is 15.4. The molecule has 1 aromatic carbocycles. The van der Waals surface area contributed by atoms with Gasteiger partial charge in [-0.25, -0.2) is 0 Å². The lowest BCUT2D eigenvalue weighted by atomic mass is 10.2. The van der Waals surface area contributed by atoms with Crippen molar-refractivity contribution in [1.82, 2.24) is 10.2 Å². The van der Waals surface area contributed by atoms with Crippen LogP contribution >= 0.6 is 12.2 Å². The quantitative estimate of drug-likeness (QED) is 0.817. The van der Waals surface area contributed by atoms with Gasteiger partial charge in [0.1, 0.15) is 6.04 Å². The van der Waals surface area contributed by atoms with Gasteiger partial charge in [0.2, 0.25) is 5.91 Å². The first-order chi connectivity index (χ1) is 10.0.